The minimum atomic E-state index is -1.30. The molecule has 3 N–H and O–H groups in total. The van der Waals surface area contributed by atoms with Crippen LogP contribution in [0, 0.1) is 0 Å². The first-order chi connectivity index (χ1) is 17.2. The smallest absolute Gasteiger partial charge is 0.409 e. The van der Waals surface area contributed by atoms with Gasteiger partial charge in [-0.3, -0.25) is 14.4 Å². The fourth-order valence-electron chi connectivity index (χ4n) is 3.71. The summed E-state index contributed by atoms with van der Waals surface area (Å²) in [5.74, 6) is -3.77. The normalized spacial score (nSPS) is 14.1. The molecule has 1 atom stereocenters. The average Bonchev–Trinajstić information content (AvgIpc) is 3.33. The molecule has 0 aliphatic carbocycles. The monoisotopic (exact) mass is 501 g/mol. The molecule has 36 heavy (non-hydrogen) atoms. The molecule has 1 unspecified atom stereocenters. The Kier molecular flexibility index (Phi) is 8.60. The standard InChI is InChI=1S/C23H27N5O8/c1-2-36-23(35)27-12-10-26(11-13-27)21(32)16(8-9-19(29)30)24-20(31)17-14-18(22(33)34)28(25-17)15-6-4-3-5-7-15/h3-7,14,16H,2,8-13H2,1H3,(H,24,31)(H,29,30)(H,33,34). The van der Waals surface area contributed by atoms with E-state index >= 15 is 0 Å². The van der Waals surface area contributed by atoms with Crippen molar-refractivity contribution in [2.24, 2.45) is 0 Å². The van der Waals surface area contributed by atoms with E-state index in [9.17, 15) is 29.1 Å². The van der Waals surface area contributed by atoms with Crippen LogP contribution in [0.15, 0.2) is 36.4 Å². The highest BCUT2D eigenvalue weighted by Gasteiger charge is 2.31. The van der Waals surface area contributed by atoms with Gasteiger partial charge in [0.25, 0.3) is 5.91 Å². The maximum atomic E-state index is 13.1. The van der Waals surface area contributed by atoms with Crippen molar-refractivity contribution in [3.8, 4) is 5.69 Å². The fraction of sp³-hybridized carbons (Fsp3) is 0.391. The number of aromatic nitrogens is 2. The van der Waals surface area contributed by atoms with E-state index in [0.29, 0.717) is 5.69 Å². The maximum absolute atomic E-state index is 13.1. The summed E-state index contributed by atoms with van der Waals surface area (Å²) in [6.45, 7) is 2.74. The molecule has 1 aromatic carbocycles. The van der Waals surface area contributed by atoms with Crippen LogP contribution in [0.4, 0.5) is 4.79 Å². The lowest BCUT2D eigenvalue weighted by molar-refractivity contribution is -0.138. The second kappa shape index (κ2) is 11.8. The lowest BCUT2D eigenvalue weighted by atomic mass is 10.1. The molecule has 2 heterocycles. The summed E-state index contributed by atoms with van der Waals surface area (Å²) in [7, 11) is 0. The van der Waals surface area contributed by atoms with E-state index in [-0.39, 0.29) is 57.0 Å². The highest BCUT2D eigenvalue weighted by Crippen LogP contribution is 2.14. The van der Waals surface area contributed by atoms with Gasteiger partial charge in [0.15, 0.2) is 11.4 Å². The second-order valence-corrected chi connectivity index (χ2v) is 7.94. The zero-order valence-electron chi connectivity index (χ0n) is 19.6. The van der Waals surface area contributed by atoms with Crippen molar-refractivity contribution in [2.75, 3.05) is 32.8 Å². The van der Waals surface area contributed by atoms with E-state index in [1.165, 1.54) is 9.80 Å². The second-order valence-electron chi connectivity index (χ2n) is 7.94. The molecule has 0 radical (unpaired) electrons. The Bertz CT molecular complexity index is 1120. The Balaban J connectivity index is 1.75. The Hall–Kier alpha value is -4.42. The maximum Gasteiger partial charge on any atom is 0.409 e. The molecule has 13 nitrogen and oxygen atoms in total. The van der Waals surface area contributed by atoms with Crippen LogP contribution in [0.2, 0.25) is 0 Å². The summed E-state index contributed by atoms with van der Waals surface area (Å²) in [4.78, 5) is 63.7. The molecule has 3 amide bonds. The Labute approximate surface area is 206 Å². The predicted octanol–water partition coefficient (Wildman–Crippen LogP) is 0.834. The summed E-state index contributed by atoms with van der Waals surface area (Å²) in [5, 5.41) is 25.2. The van der Waals surface area contributed by atoms with E-state index in [1.54, 1.807) is 37.3 Å². The zero-order valence-corrected chi connectivity index (χ0v) is 19.6. The van der Waals surface area contributed by atoms with Gasteiger partial charge in [0.05, 0.1) is 12.3 Å². The molecule has 13 heteroatoms. The number of nitrogens with zero attached hydrogens (tertiary/aromatic N) is 4. The molecule has 3 rings (SSSR count). The topological polar surface area (TPSA) is 171 Å². The van der Waals surface area contributed by atoms with Gasteiger partial charge >= 0.3 is 18.0 Å². The van der Waals surface area contributed by atoms with Crippen molar-refractivity contribution in [1.29, 1.82) is 0 Å². The van der Waals surface area contributed by atoms with E-state index in [2.05, 4.69) is 10.4 Å². The van der Waals surface area contributed by atoms with Gasteiger partial charge < -0.3 is 30.1 Å². The summed E-state index contributed by atoms with van der Waals surface area (Å²) in [6.07, 6.45) is -1.04. The number of carbonyl (C=O) groups excluding carboxylic acids is 3. The number of para-hydroxylation sites is 1. The molecule has 192 valence electrons. The third kappa shape index (κ3) is 6.37. The molecule has 1 aromatic heterocycles. The first-order valence-corrected chi connectivity index (χ1v) is 11.3. The molecular weight excluding hydrogens is 474 g/mol. The quantitative estimate of drug-likeness (QED) is 0.450. The van der Waals surface area contributed by atoms with Crippen LogP contribution in [0.3, 0.4) is 0 Å². The number of ether oxygens (including phenoxy) is 1. The van der Waals surface area contributed by atoms with Crippen LogP contribution >= 0.6 is 0 Å². The number of amides is 3. The van der Waals surface area contributed by atoms with Crippen molar-refractivity contribution < 1.29 is 38.9 Å². The third-order valence-electron chi connectivity index (χ3n) is 5.53. The molecule has 1 fully saturated rings. The van der Waals surface area contributed by atoms with Gasteiger partial charge in [0.1, 0.15) is 6.04 Å². The zero-order chi connectivity index (χ0) is 26.2. The predicted molar refractivity (Wildman–Crippen MR) is 124 cm³/mol. The van der Waals surface area contributed by atoms with Gasteiger partial charge in [0.2, 0.25) is 5.91 Å². The van der Waals surface area contributed by atoms with Gasteiger partial charge in [-0.2, -0.15) is 5.10 Å². The number of nitrogens with one attached hydrogen (secondary N) is 1. The molecule has 1 saturated heterocycles. The number of hydrogen-bond donors (Lipinski definition) is 3. The number of carboxylic acids is 2. The first kappa shape index (κ1) is 26.2. The molecule has 1 aliphatic heterocycles. The molecule has 0 bridgehead atoms. The molecule has 2 aromatic rings. The first-order valence-electron chi connectivity index (χ1n) is 11.3. The lowest BCUT2D eigenvalue weighted by Gasteiger charge is -2.35. The van der Waals surface area contributed by atoms with Crippen LogP contribution in [-0.2, 0) is 14.3 Å². The number of aromatic carboxylic acids is 1. The van der Waals surface area contributed by atoms with Crippen LogP contribution in [0.1, 0.15) is 40.7 Å². The van der Waals surface area contributed by atoms with Crippen molar-refractivity contribution in [2.45, 2.75) is 25.8 Å². The summed E-state index contributed by atoms with van der Waals surface area (Å²) >= 11 is 0. The van der Waals surface area contributed by atoms with Crippen LogP contribution in [-0.4, -0.2) is 98.5 Å². The highest BCUT2D eigenvalue weighted by molar-refractivity contribution is 5.98. The SMILES string of the molecule is CCOC(=O)N1CCN(C(=O)C(CCC(=O)O)NC(=O)c2cc(C(=O)O)n(-c3ccccc3)n2)CC1. The Morgan fingerprint density at radius 1 is 1.03 bits per heavy atom. The molecular formula is C23H27N5O8. The number of carboxylic acid groups (broad SMARTS) is 2. The van der Waals surface area contributed by atoms with Crippen molar-refractivity contribution in [3.63, 3.8) is 0 Å². The fourth-order valence-corrected chi connectivity index (χ4v) is 3.71. The number of benzene rings is 1. The van der Waals surface area contributed by atoms with Crippen molar-refractivity contribution in [3.05, 3.63) is 47.8 Å². The molecule has 0 saturated carbocycles. The summed E-state index contributed by atoms with van der Waals surface area (Å²) in [6, 6.07) is 8.26. The molecule has 1 aliphatic rings. The van der Waals surface area contributed by atoms with Gasteiger partial charge in [-0.15, -0.1) is 0 Å². The van der Waals surface area contributed by atoms with E-state index in [1.807, 2.05) is 0 Å². The van der Waals surface area contributed by atoms with Crippen LogP contribution in [0.25, 0.3) is 5.69 Å². The van der Waals surface area contributed by atoms with Crippen molar-refractivity contribution >= 4 is 29.8 Å². The number of aliphatic carboxylic acids is 1. The number of piperazine rings is 1. The van der Waals surface area contributed by atoms with Gasteiger partial charge in [-0.25, -0.2) is 14.3 Å². The Morgan fingerprint density at radius 2 is 1.67 bits per heavy atom. The Morgan fingerprint density at radius 3 is 2.25 bits per heavy atom. The van der Waals surface area contributed by atoms with Gasteiger partial charge in [-0.1, -0.05) is 18.2 Å². The van der Waals surface area contributed by atoms with Crippen molar-refractivity contribution in [1.82, 2.24) is 24.9 Å². The minimum absolute atomic E-state index is 0.177. The minimum Gasteiger partial charge on any atom is -0.481 e. The van der Waals surface area contributed by atoms with E-state index < -0.39 is 35.9 Å². The number of rotatable bonds is 9. The summed E-state index contributed by atoms with van der Waals surface area (Å²) in [5.41, 5.74) is -0.0710. The largest absolute Gasteiger partial charge is 0.481 e. The highest BCUT2D eigenvalue weighted by atomic mass is 16.6. The number of carbonyl (C=O) groups is 5. The third-order valence-corrected chi connectivity index (χ3v) is 5.53. The van der Waals surface area contributed by atoms with E-state index in [4.69, 9.17) is 9.84 Å². The van der Waals surface area contributed by atoms with Crippen LogP contribution < -0.4 is 5.32 Å². The van der Waals surface area contributed by atoms with Gasteiger partial charge in [0, 0.05) is 38.7 Å². The summed E-state index contributed by atoms with van der Waals surface area (Å²) < 4.78 is 6.06. The number of hydrogen-bond acceptors (Lipinski definition) is 7. The van der Waals surface area contributed by atoms with E-state index in [0.717, 1.165) is 10.7 Å². The lowest BCUT2D eigenvalue weighted by Crippen LogP contribution is -2.56. The molecule has 0 spiro atoms. The van der Waals surface area contributed by atoms with Gasteiger partial charge in [-0.05, 0) is 25.5 Å². The average molecular weight is 501 g/mol. The van der Waals surface area contributed by atoms with Crippen LogP contribution in [0.5, 0.6) is 0 Å².